The van der Waals surface area contributed by atoms with Crippen molar-refractivity contribution in [2.45, 2.75) is 0 Å². The van der Waals surface area contributed by atoms with Gasteiger partial charge in [0.25, 0.3) is 0 Å². The lowest BCUT2D eigenvalue weighted by atomic mass is 10.2. The Balaban J connectivity index is 2.48. The third-order valence-electron chi connectivity index (χ3n) is 1.57. The van der Waals surface area contributed by atoms with E-state index in [0.717, 1.165) is 10.0 Å². The fourth-order valence-electron chi connectivity index (χ4n) is 1.01. The van der Waals surface area contributed by atoms with E-state index >= 15 is 0 Å². The normalized spacial score (nSPS) is 9.92. The van der Waals surface area contributed by atoms with Crippen molar-refractivity contribution in [2.24, 2.45) is 0 Å². The Kier molecular flexibility index (Phi) is 2.31. The van der Waals surface area contributed by atoms with Crippen LogP contribution in [-0.2, 0) is 0 Å². The van der Waals surface area contributed by atoms with E-state index in [9.17, 15) is 0 Å². The van der Waals surface area contributed by atoms with Crippen molar-refractivity contribution in [3.8, 4) is 11.4 Å². The summed E-state index contributed by atoms with van der Waals surface area (Å²) in [6, 6.07) is 7.80. The van der Waals surface area contributed by atoms with Crippen molar-refractivity contribution in [3.05, 3.63) is 41.1 Å². The van der Waals surface area contributed by atoms with Gasteiger partial charge >= 0.3 is 0 Å². The lowest BCUT2D eigenvalue weighted by Gasteiger charge is -1.97. The van der Waals surface area contributed by atoms with E-state index in [1.807, 2.05) is 24.3 Å². The molecule has 0 aliphatic heterocycles. The summed E-state index contributed by atoms with van der Waals surface area (Å²) in [4.78, 5) is 4.10. The van der Waals surface area contributed by atoms with E-state index in [-0.39, 0.29) is 0 Å². The Bertz CT molecular complexity index is 403. The highest BCUT2D eigenvalue weighted by molar-refractivity contribution is 9.10. The minimum absolute atomic E-state index is 0.642. The maximum absolute atomic E-state index is 4.10. The Morgan fingerprint density at radius 1 is 1.15 bits per heavy atom. The number of nitrogens with zero attached hydrogens (tertiary/aromatic N) is 3. The molecule has 2 rings (SSSR count). The zero-order valence-corrected chi connectivity index (χ0v) is 8.27. The van der Waals surface area contributed by atoms with Crippen LogP contribution in [0.2, 0.25) is 0 Å². The molecule has 0 unspecified atom stereocenters. The molecule has 13 heavy (non-hydrogen) atoms. The predicted octanol–water partition coefficient (Wildman–Crippen LogP) is 2.30. The van der Waals surface area contributed by atoms with Crippen LogP contribution in [0.25, 0.3) is 11.4 Å². The minimum Gasteiger partial charge on any atom is -0.233 e. The maximum Gasteiger partial charge on any atom is 0.181 e. The fraction of sp³-hybridized carbons (Fsp3) is 0. The fourth-order valence-corrected chi connectivity index (χ4v) is 1.41. The molecule has 0 spiro atoms. The van der Waals surface area contributed by atoms with Gasteiger partial charge in [0.15, 0.2) is 5.82 Å². The average Bonchev–Trinajstić information content (AvgIpc) is 2.19. The van der Waals surface area contributed by atoms with Gasteiger partial charge in [-0.25, -0.2) is 4.98 Å². The lowest BCUT2D eigenvalue weighted by molar-refractivity contribution is 0.980. The molecule has 0 bridgehead atoms. The molecular weight excluding hydrogens is 230 g/mol. The van der Waals surface area contributed by atoms with Crippen LogP contribution in [0, 0.1) is 0 Å². The quantitative estimate of drug-likeness (QED) is 0.762. The zero-order chi connectivity index (χ0) is 9.10. The first-order chi connectivity index (χ1) is 6.36. The van der Waals surface area contributed by atoms with Crippen LogP contribution in [0.5, 0.6) is 0 Å². The summed E-state index contributed by atoms with van der Waals surface area (Å²) in [5.41, 5.74) is 0.961. The van der Waals surface area contributed by atoms with E-state index in [4.69, 9.17) is 0 Å². The van der Waals surface area contributed by atoms with Gasteiger partial charge in [-0.15, -0.1) is 5.10 Å². The molecule has 1 aromatic heterocycles. The van der Waals surface area contributed by atoms with Crippen molar-refractivity contribution < 1.29 is 0 Å². The van der Waals surface area contributed by atoms with Gasteiger partial charge in [0.05, 0.1) is 6.20 Å². The highest BCUT2D eigenvalue weighted by Crippen LogP contribution is 2.18. The minimum atomic E-state index is 0.642. The van der Waals surface area contributed by atoms with Crippen LogP contribution in [-0.4, -0.2) is 15.2 Å². The van der Waals surface area contributed by atoms with Crippen molar-refractivity contribution in [1.29, 1.82) is 0 Å². The Labute approximate surface area is 84.0 Å². The summed E-state index contributed by atoms with van der Waals surface area (Å²) in [5, 5.41) is 7.67. The van der Waals surface area contributed by atoms with E-state index in [2.05, 4.69) is 31.1 Å². The molecule has 0 N–H and O–H groups in total. The Hall–Kier alpha value is -1.29. The number of rotatable bonds is 1. The van der Waals surface area contributed by atoms with Crippen molar-refractivity contribution >= 4 is 15.9 Å². The third-order valence-corrected chi connectivity index (χ3v) is 2.06. The molecule has 3 nitrogen and oxygen atoms in total. The standard InChI is InChI=1S/C9H6BrN3/c10-8-3-1-2-7(6-8)9-11-4-5-12-13-9/h1-6H. The number of benzene rings is 1. The van der Waals surface area contributed by atoms with E-state index in [0.29, 0.717) is 5.82 Å². The second-order valence-corrected chi connectivity index (χ2v) is 3.39. The van der Waals surface area contributed by atoms with E-state index in [1.165, 1.54) is 0 Å². The third kappa shape index (κ3) is 1.89. The Morgan fingerprint density at radius 3 is 2.77 bits per heavy atom. The van der Waals surface area contributed by atoms with Crippen LogP contribution in [0.3, 0.4) is 0 Å². The Morgan fingerprint density at radius 2 is 2.08 bits per heavy atom. The van der Waals surface area contributed by atoms with Crippen molar-refractivity contribution in [3.63, 3.8) is 0 Å². The van der Waals surface area contributed by atoms with Gasteiger partial charge < -0.3 is 0 Å². The SMILES string of the molecule is Brc1cccc(-c2nccnn2)c1. The number of hydrogen-bond donors (Lipinski definition) is 0. The lowest BCUT2D eigenvalue weighted by Crippen LogP contribution is -1.89. The van der Waals surface area contributed by atoms with Gasteiger partial charge in [0, 0.05) is 16.2 Å². The van der Waals surface area contributed by atoms with Gasteiger partial charge in [0.2, 0.25) is 0 Å². The highest BCUT2D eigenvalue weighted by atomic mass is 79.9. The van der Waals surface area contributed by atoms with Crippen LogP contribution in [0.1, 0.15) is 0 Å². The monoisotopic (exact) mass is 235 g/mol. The summed E-state index contributed by atoms with van der Waals surface area (Å²) in [5.74, 6) is 0.642. The molecule has 4 heteroatoms. The smallest absolute Gasteiger partial charge is 0.181 e. The molecule has 0 radical (unpaired) electrons. The average molecular weight is 236 g/mol. The van der Waals surface area contributed by atoms with Gasteiger partial charge in [-0.2, -0.15) is 5.10 Å². The molecule has 2 aromatic rings. The van der Waals surface area contributed by atoms with Gasteiger partial charge in [-0.05, 0) is 12.1 Å². The molecule has 0 saturated carbocycles. The van der Waals surface area contributed by atoms with Gasteiger partial charge in [-0.1, -0.05) is 28.1 Å². The summed E-state index contributed by atoms with van der Waals surface area (Å²) in [6.45, 7) is 0. The number of hydrogen-bond acceptors (Lipinski definition) is 3. The molecule has 0 saturated heterocycles. The second-order valence-electron chi connectivity index (χ2n) is 2.48. The first-order valence-corrected chi connectivity index (χ1v) is 4.55. The molecular formula is C9H6BrN3. The van der Waals surface area contributed by atoms with Crippen LogP contribution in [0.4, 0.5) is 0 Å². The van der Waals surface area contributed by atoms with Crippen LogP contribution >= 0.6 is 15.9 Å². The second kappa shape index (κ2) is 3.62. The molecule has 0 aliphatic carbocycles. The predicted molar refractivity (Wildman–Crippen MR) is 53.0 cm³/mol. The summed E-state index contributed by atoms with van der Waals surface area (Å²) in [7, 11) is 0. The molecule has 1 heterocycles. The molecule has 0 fully saturated rings. The maximum atomic E-state index is 4.10. The van der Waals surface area contributed by atoms with E-state index in [1.54, 1.807) is 12.4 Å². The van der Waals surface area contributed by atoms with Crippen molar-refractivity contribution in [2.75, 3.05) is 0 Å². The summed E-state index contributed by atoms with van der Waals surface area (Å²) in [6.07, 6.45) is 3.19. The first kappa shape index (κ1) is 8.31. The zero-order valence-electron chi connectivity index (χ0n) is 6.68. The molecule has 0 atom stereocenters. The summed E-state index contributed by atoms with van der Waals surface area (Å²) >= 11 is 3.38. The molecule has 0 aliphatic rings. The van der Waals surface area contributed by atoms with Gasteiger partial charge in [-0.3, -0.25) is 0 Å². The molecule has 1 aromatic carbocycles. The van der Waals surface area contributed by atoms with Crippen LogP contribution < -0.4 is 0 Å². The number of aromatic nitrogens is 3. The first-order valence-electron chi connectivity index (χ1n) is 3.76. The van der Waals surface area contributed by atoms with Crippen molar-refractivity contribution in [1.82, 2.24) is 15.2 Å². The largest absolute Gasteiger partial charge is 0.233 e. The van der Waals surface area contributed by atoms with Gasteiger partial charge in [0.1, 0.15) is 0 Å². The molecule has 64 valence electrons. The summed E-state index contributed by atoms with van der Waals surface area (Å²) < 4.78 is 1.01. The van der Waals surface area contributed by atoms with E-state index < -0.39 is 0 Å². The topological polar surface area (TPSA) is 38.7 Å². The van der Waals surface area contributed by atoms with Crippen LogP contribution in [0.15, 0.2) is 41.1 Å². The number of halogens is 1. The molecule has 0 amide bonds. The highest BCUT2D eigenvalue weighted by Gasteiger charge is 1.99.